The predicted molar refractivity (Wildman–Crippen MR) is 82.2 cm³/mol. The molecule has 0 aliphatic heterocycles. The summed E-state index contributed by atoms with van der Waals surface area (Å²) >= 11 is 0. The molecule has 3 nitrogen and oxygen atoms in total. The van der Waals surface area contributed by atoms with E-state index in [9.17, 15) is 8.42 Å². The Morgan fingerprint density at radius 2 is 1.48 bits per heavy atom. The largest absolute Gasteiger partial charge is 0.240 e. The molecule has 4 fully saturated rings. The first kappa shape index (κ1) is 13.8. The van der Waals surface area contributed by atoms with Crippen molar-refractivity contribution < 1.29 is 8.42 Å². The van der Waals surface area contributed by atoms with E-state index in [1.54, 1.807) is 24.3 Å². The topological polar surface area (TPSA) is 46.2 Å². The molecule has 21 heavy (non-hydrogen) atoms. The van der Waals surface area contributed by atoms with Gasteiger partial charge in [0, 0.05) is 6.54 Å². The van der Waals surface area contributed by atoms with E-state index in [1.807, 2.05) is 6.07 Å². The van der Waals surface area contributed by atoms with Gasteiger partial charge in [-0.05, 0) is 73.8 Å². The van der Waals surface area contributed by atoms with Gasteiger partial charge in [0.2, 0.25) is 10.0 Å². The van der Waals surface area contributed by atoms with Gasteiger partial charge >= 0.3 is 0 Å². The number of hydrogen-bond acceptors (Lipinski definition) is 2. The maximum atomic E-state index is 12.4. The van der Waals surface area contributed by atoms with Crippen LogP contribution in [0.3, 0.4) is 0 Å². The number of hydrogen-bond donors (Lipinski definition) is 1. The average molecular weight is 305 g/mol. The molecule has 0 heterocycles. The van der Waals surface area contributed by atoms with Gasteiger partial charge in [-0.15, -0.1) is 0 Å². The van der Waals surface area contributed by atoms with E-state index < -0.39 is 10.0 Å². The van der Waals surface area contributed by atoms with Gasteiger partial charge in [0.1, 0.15) is 0 Å². The second kappa shape index (κ2) is 5.10. The minimum atomic E-state index is -3.34. The van der Waals surface area contributed by atoms with Crippen LogP contribution in [0.2, 0.25) is 0 Å². The summed E-state index contributed by atoms with van der Waals surface area (Å²) in [6.07, 6.45) is 6.79. The highest BCUT2D eigenvalue weighted by Crippen LogP contribution is 2.56. The fraction of sp³-hybridized carbons (Fsp3) is 0.647. The van der Waals surface area contributed by atoms with Crippen molar-refractivity contribution in [1.29, 1.82) is 0 Å². The summed E-state index contributed by atoms with van der Waals surface area (Å²) in [4.78, 5) is 0.383. The molecule has 0 aromatic heterocycles. The van der Waals surface area contributed by atoms with Crippen LogP contribution in [-0.2, 0) is 10.0 Å². The lowest BCUT2D eigenvalue weighted by Crippen LogP contribution is -2.49. The monoisotopic (exact) mass is 305 g/mol. The normalized spacial score (nSPS) is 37.8. The van der Waals surface area contributed by atoms with E-state index in [0.717, 1.165) is 23.7 Å². The molecule has 4 aliphatic carbocycles. The van der Waals surface area contributed by atoms with Crippen LogP contribution < -0.4 is 4.72 Å². The number of rotatable bonds is 4. The van der Waals surface area contributed by atoms with Crippen molar-refractivity contribution in [2.75, 3.05) is 6.54 Å². The smallest absolute Gasteiger partial charge is 0.211 e. The van der Waals surface area contributed by atoms with Crippen LogP contribution in [0, 0.1) is 29.6 Å². The van der Waals surface area contributed by atoms with E-state index >= 15 is 0 Å². The Labute approximate surface area is 127 Å². The Hall–Kier alpha value is -0.870. The van der Waals surface area contributed by atoms with Crippen molar-refractivity contribution in [3.63, 3.8) is 0 Å². The highest BCUT2D eigenvalue weighted by molar-refractivity contribution is 7.89. The average Bonchev–Trinajstić information content (AvgIpc) is 2.47. The van der Waals surface area contributed by atoms with Gasteiger partial charge < -0.3 is 0 Å². The van der Waals surface area contributed by atoms with Gasteiger partial charge in [-0.25, -0.2) is 13.1 Å². The summed E-state index contributed by atoms with van der Waals surface area (Å²) in [7, 11) is -3.34. The van der Waals surface area contributed by atoms with Crippen molar-refractivity contribution in [3.8, 4) is 0 Å². The first-order chi connectivity index (χ1) is 10.1. The second-order valence-electron chi connectivity index (χ2n) is 7.26. The van der Waals surface area contributed by atoms with E-state index in [4.69, 9.17) is 0 Å². The molecule has 5 rings (SSSR count). The molecule has 4 bridgehead atoms. The molecular formula is C17H23NO2S. The summed E-state index contributed by atoms with van der Waals surface area (Å²) < 4.78 is 27.6. The lowest BCUT2D eigenvalue weighted by Gasteiger charge is -2.54. The van der Waals surface area contributed by atoms with E-state index in [2.05, 4.69) is 4.72 Å². The maximum absolute atomic E-state index is 12.4. The lowest BCUT2D eigenvalue weighted by molar-refractivity contribution is -0.0335. The summed E-state index contributed by atoms with van der Waals surface area (Å²) in [5.41, 5.74) is 0. The van der Waals surface area contributed by atoms with Gasteiger partial charge in [0.15, 0.2) is 0 Å². The molecule has 114 valence electrons. The van der Waals surface area contributed by atoms with Crippen LogP contribution in [0.25, 0.3) is 0 Å². The SMILES string of the molecule is O=S(=O)(NCC1C2CC3CC(C2)CC1C3)c1ccccc1. The van der Waals surface area contributed by atoms with Crippen molar-refractivity contribution in [3.05, 3.63) is 30.3 Å². The Morgan fingerprint density at radius 1 is 0.905 bits per heavy atom. The molecule has 0 atom stereocenters. The van der Waals surface area contributed by atoms with Crippen LogP contribution >= 0.6 is 0 Å². The molecular weight excluding hydrogens is 282 g/mol. The Bertz CT molecular complexity index is 583. The quantitative estimate of drug-likeness (QED) is 0.929. The minimum absolute atomic E-state index is 0.383. The molecule has 4 saturated carbocycles. The second-order valence-corrected chi connectivity index (χ2v) is 9.03. The number of nitrogens with one attached hydrogen (secondary N) is 1. The van der Waals surface area contributed by atoms with Gasteiger partial charge in [0.05, 0.1) is 4.90 Å². The van der Waals surface area contributed by atoms with Gasteiger partial charge in [-0.2, -0.15) is 0 Å². The third kappa shape index (κ3) is 2.53. The molecule has 0 saturated heterocycles. The zero-order chi connectivity index (χ0) is 14.4. The van der Waals surface area contributed by atoms with E-state index in [1.165, 1.54) is 32.1 Å². The van der Waals surface area contributed by atoms with Crippen molar-refractivity contribution in [2.45, 2.75) is 37.0 Å². The van der Waals surface area contributed by atoms with E-state index in [-0.39, 0.29) is 0 Å². The highest BCUT2D eigenvalue weighted by atomic mass is 32.2. The molecule has 4 aliphatic rings. The number of sulfonamides is 1. The van der Waals surface area contributed by atoms with E-state index in [0.29, 0.717) is 17.4 Å². The molecule has 0 radical (unpaired) electrons. The lowest BCUT2D eigenvalue weighted by atomic mass is 9.52. The molecule has 4 heteroatoms. The highest BCUT2D eigenvalue weighted by Gasteiger charge is 2.48. The predicted octanol–water partition coefficient (Wildman–Crippen LogP) is 3.04. The fourth-order valence-corrected chi connectivity index (χ4v) is 6.35. The summed E-state index contributed by atoms with van der Waals surface area (Å²) in [5, 5.41) is 0. The van der Waals surface area contributed by atoms with Gasteiger partial charge in [-0.3, -0.25) is 0 Å². The fourth-order valence-electron chi connectivity index (χ4n) is 5.26. The summed E-state index contributed by atoms with van der Waals surface area (Å²) in [5.74, 6) is 3.97. The van der Waals surface area contributed by atoms with Crippen molar-refractivity contribution in [1.82, 2.24) is 4.72 Å². The Kier molecular flexibility index (Phi) is 3.34. The third-order valence-corrected chi connectivity index (χ3v) is 7.42. The Balaban J connectivity index is 1.45. The van der Waals surface area contributed by atoms with Crippen LogP contribution in [0.15, 0.2) is 35.2 Å². The maximum Gasteiger partial charge on any atom is 0.240 e. The van der Waals surface area contributed by atoms with Crippen molar-refractivity contribution >= 4 is 10.0 Å². The first-order valence-corrected chi connectivity index (χ1v) is 9.65. The van der Waals surface area contributed by atoms with Gasteiger partial charge in [0.25, 0.3) is 0 Å². The van der Waals surface area contributed by atoms with Crippen LogP contribution in [-0.4, -0.2) is 15.0 Å². The molecule has 0 spiro atoms. The van der Waals surface area contributed by atoms with Crippen LogP contribution in [0.5, 0.6) is 0 Å². The minimum Gasteiger partial charge on any atom is -0.211 e. The first-order valence-electron chi connectivity index (χ1n) is 8.16. The summed E-state index contributed by atoms with van der Waals surface area (Å²) in [6, 6.07) is 8.73. The molecule has 1 aromatic carbocycles. The number of benzene rings is 1. The van der Waals surface area contributed by atoms with Crippen LogP contribution in [0.1, 0.15) is 32.1 Å². The third-order valence-electron chi connectivity index (χ3n) is 5.98. The van der Waals surface area contributed by atoms with Crippen molar-refractivity contribution in [2.24, 2.45) is 29.6 Å². The zero-order valence-corrected chi connectivity index (χ0v) is 13.1. The Morgan fingerprint density at radius 3 is 2.05 bits per heavy atom. The van der Waals surface area contributed by atoms with Crippen LogP contribution in [0.4, 0.5) is 0 Å². The molecule has 0 unspecified atom stereocenters. The molecule has 0 amide bonds. The van der Waals surface area contributed by atoms with Gasteiger partial charge in [-0.1, -0.05) is 18.2 Å². The summed E-state index contributed by atoms with van der Waals surface area (Å²) in [6.45, 7) is 0.631. The standard InChI is InChI=1S/C17H23NO2S/c19-21(20,16-4-2-1-3-5-16)18-11-17-14-7-12-6-13(9-14)10-15(17)8-12/h1-5,12-15,17-18H,6-11H2. The molecule has 1 aromatic rings. The molecule has 1 N–H and O–H groups in total. The zero-order valence-electron chi connectivity index (χ0n) is 12.2.